The summed E-state index contributed by atoms with van der Waals surface area (Å²) in [5.41, 5.74) is 2.90. The van der Waals surface area contributed by atoms with Crippen molar-refractivity contribution in [1.29, 1.82) is 0 Å². The zero-order valence-electron chi connectivity index (χ0n) is 22.9. The molecule has 1 fully saturated rings. The molecule has 0 aliphatic carbocycles. The highest BCUT2D eigenvalue weighted by Crippen LogP contribution is 2.32. The zero-order valence-corrected chi connectivity index (χ0v) is 23.7. The van der Waals surface area contributed by atoms with E-state index in [-0.39, 0.29) is 0 Å². The molecular weight excluding hydrogens is 532 g/mol. The Morgan fingerprint density at radius 1 is 0.805 bits per heavy atom. The molecule has 1 aliphatic rings. The van der Waals surface area contributed by atoms with Gasteiger partial charge in [-0.3, -0.25) is 0 Å². The van der Waals surface area contributed by atoms with Crippen molar-refractivity contribution in [3.05, 3.63) is 109 Å². The van der Waals surface area contributed by atoms with Crippen LogP contribution in [0.25, 0.3) is 33.4 Å². The quantitative estimate of drug-likeness (QED) is 0.226. The fraction of sp³-hybridized carbons (Fsp3) is 0.242. The average molecular weight is 567 g/mol. The Balaban J connectivity index is 1.01. The predicted octanol–water partition coefficient (Wildman–Crippen LogP) is 5.69. The lowest BCUT2D eigenvalue weighted by Crippen LogP contribution is -2.44. The van der Waals surface area contributed by atoms with Gasteiger partial charge in [-0.05, 0) is 37.4 Å². The van der Waals surface area contributed by atoms with Crippen molar-refractivity contribution in [2.45, 2.75) is 30.3 Å². The van der Waals surface area contributed by atoms with Gasteiger partial charge in [0.2, 0.25) is 15.9 Å². The number of rotatable bonds is 10. The van der Waals surface area contributed by atoms with Crippen molar-refractivity contribution >= 4 is 20.8 Å². The molecule has 41 heavy (non-hydrogen) atoms. The van der Waals surface area contributed by atoms with E-state index in [0.29, 0.717) is 36.5 Å². The first-order valence-electron chi connectivity index (χ1n) is 14.1. The SMILES string of the molecule is O=S(=O)(NCCN1CCC(NCc2nc(-c3ccccc3)c(-c3ccccc3)o2)CC1)c1cccc2ccccc12. The van der Waals surface area contributed by atoms with E-state index < -0.39 is 10.0 Å². The van der Waals surface area contributed by atoms with Crippen LogP contribution in [0.15, 0.2) is 112 Å². The molecule has 6 rings (SSSR count). The van der Waals surface area contributed by atoms with Crippen LogP contribution in [0.1, 0.15) is 18.7 Å². The number of sulfonamides is 1. The topological polar surface area (TPSA) is 87.5 Å². The van der Waals surface area contributed by atoms with Gasteiger partial charge in [0.1, 0.15) is 5.69 Å². The molecule has 0 bridgehead atoms. The van der Waals surface area contributed by atoms with Crippen LogP contribution in [0.2, 0.25) is 0 Å². The second-order valence-electron chi connectivity index (χ2n) is 10.4. The number of likely N-dealkylation sites (tertiary alicyclic amines) is 1. The van der Waals surface area contributed by atoms with Crippen molar-refractivity contribution in [3.8, 4) is 22.6 Å². The van der Waals surface area contributed by atoms with Gasteiger partial charge < -0.3 is 14.6 Å². The molecule has 8 heteroatoms. The van der Waals surface area contributed by atoms with Gasteiger partial charge >= 0.3 is 0 Å². The molecule has 2 heterocycles. The first kappa shape index (κ1) is 27.4. The summed E-state index contributed by atoms with van der Waals surface area (Å²) < 4.78 is 35.1. The highest BCUT2D eigenvalue weighted by atomic mass is 32.2. The Bertz CT molecular complexity index is 1630. The third-order valence-electron chi connectivity index (χ3n) is 7.64. The minimum Gasteiger partial charge on any atom is -0.439 e. The molecule has 1 saturated heterocycles. The number of aromatic nitrogens is 1. The second kappa shape index (κ2) is 12.4. The first-order valence-corrected chi connectivity index (χ1v) is 15.6. The Kier molecular flexibility index (Phi) is 8.25. The summed E-state index contributed by atoms with van der Waals surface area (Å²) in [7, 11) is -3.59. The Labute approximate surface area is 241 Å². The first-order chi connectivity index (χ1) is 20.1. The highest BCUT2D eigenvalue weighted by Gasteiger charge is 2.22. The molecule has 1 aliphatic heterocycles. The molecule has 0 unspecified atom stereocenters. The lowest BCUT2D eigenvalue weighted by atomic mass is 10.1. The monoisotopic (exact) mass is 566 g/mol. The van der Waals surface area contributed by atoms with E-state index in [1.54, 1.807) is 12.1 Å². The maximum Gasteiger partial charge on any atom is 0.241 e. The van der Waals surface area contributed by atoms with E-state index in [4.69, 9.17) is 9.40 Å². The molecule has 0 saturated carbocycles. The Morgan fingerprint density at radius 2 is 1.46 bits per heavy atom. The van der Waals surface area contributed by atoms with Crippen molar-refractivity contribution in [3.63, 3.8) is 0 Å². The van der Waals surface area contributed by atoms with Gasteiger partial charge in [-0.2, -0.15) is 0 Å². The van der Waals surface area contributed by atoms with Gasteiger partial charge in [-0.1, -0.05) is 97.1 Å². The van der Waals surface area contributed by atoms with Crippen molar-refractivity contribution < 1.29 is 12.8 Å². The minimum absolute atomic E-state index is 0.330. The number of piperidine rings is 1. The van der Waals surface area contributed by atoms with Crippen LogP contribution in [0, 0.1) is 0 Å². The number of fused-ring (bicyclic) bond motifs is 1. The van der Waals surface area contributed by atoms with Gasteiger partial charge in [-0.15, -0.1) is 0 Å². The van der Waals surface area contributed by atoms with Crippen LogP contribution >= 0.6 is 0 Å². The molecule has 0 atom stereocenters. The maximum absolute atomic E-state index is 13.0. The van der Waals surface area contributed by atoms with E-state index in [9.17, 15) is 8.42 Å². The second-order valence-corrected chi connectivity index (χ2v) is 12.1. The summed E-state index contributed by atoms with van der Waals surface area (Å²) >= 11 is 0. The number of hydrogen-bond acceptors (Lipinski definition) is 6. The number of nitrogens with zero attached hydrogens (tertiary/aromatic N) is 2. The van der Waals surface area contributed by atoms with Crippen LogP contribution in [0.3, 0.4) is 0 Å². The van der Waals surface area contributed by atoms with Gasteiger partial charge in [0.25, 0.3) is 0 Å². The number of benzene rings is 4. The van der Waals surface area contributed by atoms with Crippen molar-refractivity contribution in [1.82, 2.24) is 19.9 Å². The normalized spacial score (nSPS) is 14.9. The van der Waals surface area contributed by atoms with Crippen molar-refractivity contribution in [2.24, 2.45) is 0 Å². The lowest BCUT2D eigenvalue weighted by molar-refractivity contribution is 0.198. The van der Waals surface area contributed by atoms with Crippen LogP contribution in [0.5, 0.6) is 0 Å². The van der Waals surface area contributed by atoms with Crippen molar-refractivity contribution in [2.75, 3.05) is 26.2 Å². The summed E-state index contributed by atoms with van der Waals surface area (Å²) in [5, 5.41) is 5.29. The standard InChI is InChI=1S/C33H34N4O3S/c38-41(39,30-17-9-15-25-10-7-8-16-29(25)30)35-20-23-37-21-18-28(19-22-37)34-24-31-36-32(26-11-3-1-4-12-26)33(40-31)27-13-5-2-6-14-27/h1-17,28,34-35H,18-24H2. The molecule has 7 nitrogen and oxygen atoms in total. The molecule has 0 amide bonds. The van der Waals surface area contributed by atoms with Crippen LogP contribution in [0.4, 0.5) is 0 Å². The maximum atomic E-state index is 13.0. The number of hydrogen-bond donors (Lipinski definition) is 2. The van der Waals surface area contributed by atoms with Gasteiger partial charge in [-0.25, -0.2) is 18.1 Å². The minimum atomic E-state index is -3.59. The van der Waals surface area contributed by atoms with Gasteiger partial charge in [0, 0.05) is 35.6 Å². The van der Waals surface area contributed by atoms with Crippen LogP contribution in [-0.2, 0) is 16.6 Å². The molecule has 5 aromatic rings. The average Bonchev–Trinajstić information content (AvgIpc) is 3.46. The summed E-state index contributed by atoms with van der Waals surface area (Å²) in [4.78, 5) is 7.50. The molecular formula is C33H34N4O3S. The molecule has 0 radical (unpaired) electrons. The van der Waals surface area contributed by atoms with E-state index in [2.05, 4.69) is 27.1 Å². The molecule has 4 aromatic carbocycles. The van der Waals surface area contributed by atoms with Crippen LogP contribution in [-0.4, -0.2) is 50.5 Å². The van der Waals surface area contributed by atoms with E-state index >= 15 is 0 Å². The summed E-state index contributed by atoms with van der Waals surface area (Å²) in [5.74, 6) is 1.46. The summed E-state index contributed by atoms with van der Waals surface area (Å²) in [6.45, 7) is 3.43. The third-order valence-corrected chi connectivity index (χ3v) is 9.16. The number of oxazole rings is 1. The molecule has 2 N–H and O–H groups in total. The predicted molar refractivity (Wildman–Crippen MR) is 163 cm³/mol. The Morgan fingerprint density at radius 3 is 2.22 bits per heavy atom. The van der Waals surface area contributed by atoms with Crippen LogP contribution < -0.4 is 10.0 Å². The van der Waals surface area contributed by atoms with Gasteiger partial charge in [0.15, 0.2) is 5.76 Å². The molecule has 0 spiro atoms. The smallest absolute Gasteiger partial charge is 0.241 e. The number of nitrogens with one attached hydrogen (secondary N) is 2. The molecule has 1 aromatic heterocycles. The van der Waals surface area contributed by atoms with Gasteiger partial charge in [0.05, 0.1) is 11.4 Å². The molecule has 210 valence electrons. The van der Waals surface area contributed by atoms with E-state index in [1.165, 1.54) is 0 Å². The summed E-state index contributed by atoms with van der Waals surface area (Å²) in [6.07, 6.45) is 1.96. The largest absolute Gasteiger partial charge is 0.439 e. The lowest BCUT2D eigenvalue weighted by Gasteiger charge is -2.32. The van der Waals surface area contributed by atoms with E-state index in [0.717, 1.165) is 59.3 Å². The Hall–Kier alpha value is -3.82. The third kappa shape index (κ3) is 6.41. The summed E-state index contributed by atoms with van der Waals surface area (Å²) in [6, 6.07) is 33.5. The highest BCUT2D eigenvalue weighted by molar-refractivity contribution is 7.89. The fourth-order valence-corrected chi connectivity index (χ4v) is 6.70. The zero-order chi connectivity index (χ0) is 28.1. The fourth-order valence-electron chi connectivity index (χ4n) is 5.46. The van der Waals surface area contributed by atoms with E-state index in [1.807, 2.05) is 78.9 Å².